The van der Waals surface area contributed by atoms with Gasteiger partial charge in [-0.2, -0.15) is 0 Å². The Morgan fingerprint density at radius 1 is 1.12 bits per heavy atom. The van der Waals surface area contributed by atoms with E-state index in [2.05, 4.69) is 4.90 Å². The lowest BCUT2D eigenvalue weighted by atomic mass is 9.84. The van der Waals surface area contributed by atoms with E-state index in [1.165, 1.54) is 6.42 Å². The Labute approximate surface area is 145 Å². The van der Waals surface area contributed by atoms with Gasteiger partial charge in [0.2, 0.25) is 11.8 Å². The van der Waals surface area contributed by atoms with Gasteiger partial charge in [0.15, 0.2) is 0 Å². The quantitative estimate of drug-likeness (QED) is 0.724. The highest BCUT2D eigenvalue weighted by Gasteiger charge is 2.36. The van der Waals surface area contributed by atoms with Crippen LogP contribution in [0.4, 0.5) is 0 Å². The lowest BCUT2D eigenvalue weighted by Gasteiger charge is -2.32. The van der Waals surface area contributed by atoms with E-state index in [0.717, 1.165) is 78.2 Å². The minimum Gasteiger partial charge on any atom is -0.379 e. The summed E-state index contributed by atoms with van der Waals surface area (Å²) in [5.74, 6) is 0.719. The van der Waals surface area contributed by atoms with E-state index < -0.39 is 0 Å². The molecule has 0 aromatic heterocycles. The van der Waals surface area contributed by atoms with E-state index in [1.54, 1.807) is 6.92 Å². The molecule has 0 N–H and O–H groups in total. The largest absolute Gasteiger partial charge is 0.379 e. The van der Waals surface area contributed by atoms with Gasteiger partial charge in [-0.3, -0.25) is 14.5 Å². The smallest absolute Gasteiger partial charge is 0.225 e. The second kappa shape index (κ2) is 8.30. The highest BCUT2D eigenvalue weighted by Crippen LogP contribution is 2.30. The highest BCUT2D eigenvalue weighted by molar-refractivity contribution is 5.80. The van der Waals surface area contributed by atoms with Crippen LogP contribution in [-0.2, 0) is 14.3 Å². The molecule has 0 aromatic carbocycles. The molecule has 1 saturated carbocycles. The summed E-state index contributed by atoms with van der Waals surface area (Å²) in [6.45, 7) is 8.63. The molecule has 0 aromatic rings. The van der Waals surface area contributed by atoms with E-state index in [1.807, 2.05) is 9.80 Å². The molecule has 3 aliphatic rings. The van der Waals surface area contributed by atoms with Crippen LogP contribution in [0, 0.1) is 5.92 Å². The number of amides is 2. The second-order valence-corrected chi connectivity index (χ2v) is 7.37. The zero-order valence-corrected chi connectivity index (χ0v) is 14.9. The molecule has 3 rings (SSSR count). The number of hydrogen-bond acceptors (Lipinski definition) is 4. The van der Waals surface area contributed by atoms with Crippen molar-refractivity contribution in [1.82, 2.24) is 14.7 Å². The van der Waals surface area contributed by atoms with Gasteiger partial charge in [-0.05, 0) is 25.7 Å². The molecule has 1 unspecified atom stereocenters. The summed E-state index contributed by atoms with van der Waals surface area (Å²) in [6.07, 6.45) is 5.21. The van der Waals surface area contributed by atoms with Crippen molar-refractivity contribution in [2.45, 2.75) is 45.1 Å². The molecule has 2 saturated heterocycles. The first-order valence-electron chi connectivity index (χ1n) is 9.51. The van der Waals surface area contributed by atoms with Crippen molar-refractivity contribution in [2.24, 2.45) is 5.92 Å². The number of nitrogens with zero attached hydrogens (tertiary/aromatic N) is 3. The van der Waals surface area contributed by atoms with Crippen molar-refractivity contribution in [3.8, 4) is 0 Å². The molecular formula is C18H31N3O3. The molecule has 0 radical (unpaired) electrons. The third-order valence-corrected chi connectivity index (χ3v) is 5.75. The predicted octanol–water partition coefficient (Wildman–Crippen LogP) is 0.958. The van der Waals surface area contributed by atoms with Crippen molar-refractivity contribution in [1.29, 1.82) is 0 Å². The van der Waals surface area contributed by atoms with Crippen molar-refractivity contribution in [3.63, 3.8) is 0 Å². The summed E-state index contributed by atoms with van der Waals surface area (Å²) in [6, 6.07) is 0.205. The number of hydrogen-bond donors (Lipinski definition) is 0. The number of morpholine rings is 1. The van der Waals surface area contributed by atoms with Crippen LogP contribution in [0.2, 0.25) is 0 Å². The van der Waals surface area contributed by atoms with Crippen LogP contribution in [0.3, 0.4) is 0 Å². The van der Waals surface area contributed by atoms with Crippen molar-refractivity contribution >= 4 is 11.8 Å². The maximum absolute atomic E-state index is 12.4. The van der Waals surface area contributed by atoms with Gasteiger partial charge in [0.05, 0.1) is 19.3 Å². The number of likely N-dealkylation sites (tertiary alicyclic amines) is 1. The molecule has 136 valence electrons. The standard InChI is InChI=1S/C18H31N3O3/c1-15(22)21(8-3-7-19-10-12-24-13-11-19)17-6-9-20(14-17)18(23)16-4-2-5-16/h16-17H,2-14H2,1H3. The lowest BCUT2D eigenvalue weighted by molar-refractivity contribution is -0.138. The van der Waals surface area contributed by atoms with E-state index in [9.17, 15) is 9.59 Å². The first kappa shape index (κ1) is 17.7. The van der Waals surface area contributed by atoms with Gasteiger partial charge in [0.1, 0.15) is 0 Å². The molecule has 1 atom stereocenters. The maximum Gasteiger partial charge on any atom is 0.225 e. The number of carbonyl (C=O) groups excluding carboxylic acids is 2. The summed E-state index contributed by atoms with van der Waals surface area (Å²) in [4.78, 5) is 30.9. The molecular weight excluding hydrogens is 306 g/mol. The third kappa shape index (κ3) is 4.28. The van der Waals surface area contributed by atoms with Crippen molar-refractivity contribution in [2.75, 3.05) is 52.5 Å². The Hall–Kier alpha value is -1.14. The van der Waals surface area contributed by atoms with Crippen LogP contribution in [-0.4, -0.2) is 85.0 Å². The first-order valence-corrected chi connectivity index (χ1v) is 9.51. The zero-order chi connectivity index (χ0) is 16.9. The summed E-state index contributed by atoms with van der Waals surface area (Å²) in [5, 5.41) is 0. The summed E-state index contributed by atoms with van der Waals surface area (Å²) >= 11 is 0. The van der Waals surface area contributed by atoms with Crippen LogP contribution >= 0.6 is 0 Å². The van der Waals surface area contributed by atoms with Gasteiger partial charge in [-0.25, -0.2) is 0 Å². The van der Waals surface area contributed by atoms with Crippen LogP contribution in [0.15, 0.2) is 0 Å². The average molecular weight is 337 g/mol. The molecule has 24 heavy (non-hydrogen) atoms. The van der Waals surface area contributed by atoms with Gasteiger partial charge in [0.25, 0.3) is 0 Å². The summed E-state index contributed by atoms with van der Waals surface area (Å²) in [5.41, 5.74) is 0. The minimum atomic E-state index is 0.139. The molecule has 3 fully saturated rings. The predicted molar refractivity (Wildman–Crippen MR) is 91.6 cm³/mol. The molecule has 0 spiro atoms. The Kier molecular flexibility index (Phi) is 6.11. The summed E-state index contributed by atoms with van der Waals surface area (Å²) < 4.78 is 5.37. The fourth-order valence-corrected chi connectivity index (χ4v) is 4.00. The van der Waals surface area contributed by atoms with Crippen LogP contribution in [0.5, 0.6) is 0 Å². The number of ether oxygens (including phenoxy) is 1. The van der Waals surface area contributed by atoms with Gasteiger partial charge in [0, 0.05) is 52.1 Å². The SMILES string of the molecule is CC(=O)N(CCCN1CCOCC1)C1CCN(C(=O)C2CCC2)C1. The van der Waals surface area contributed by atoms with E-state index in [0.29, 0.717) is 5.91 Å². The molecule has 6 nitrogen and oxygen atoms in total. The number of carbonyl (C=O) groups is 2. The topological polar surface area (TPSA) is 53.1 Å². The average Bonchev–Trinajstić information content (AvgIpc) is 3.00. The second-order valence-electron chi connectivity index (χ2n) is 7.37. The number of rotatable bonds is 6. The molecule has 2 aliphatic heterocycles. The van der Waals surface area contributed by atoms with Crippen molar-refractivity contribution in [3.05, 3.63) is 0 Å². The Morgan fingerprint density at radius 2 is 1.88 bits per heavy atom. The summed E-state index contributed by atoms with van der Waals surface area (Å²) in [7, 11) is 0. The molecule has 0 bridgehead atoms. The Balaban J connectivity index is 1.44. The third-order valence-electron chi connectivity index (χ3n) is 5.75. The fourth-order valence-electron chi connectivity index (χ4n) is 4.00. The van der Waals surface area contributed by atoms with Crippen LogP contribution in [0.1, 0.15) is 39.0 Å². The van der Waals surface area contributed by atoms with Gasteiger partial charge < -0.3 is 14.5 Å². The molecule has 1 aliphatic carbocycles. The van der Waals surface area contributed by atoms with Gasteiger partial charge in [-0.15, -0.1) is 0 Å². The molecule has 2 amide bonds. The van der Waals surface area contributed by atoms with Crippen LogP contribution < -0.4 is 0 Å². The molecule has 2 heterocycles. The van der Waals surface area contributed by atoms with Gasteiger partial charge >= 0.3 is 0 Å². The lowest BCUT2D eigenvalue weighted by Crippen LogP contribution is -2.44. The zero-order valence-electron chi connectivity index (χ0n) is 14.9. The first-order chi connectivity index (χ1) is 11.6. The normalized spacial score (nSPS) is 25.5. The Bertz CT molecular complexity index is 447. The van der Waals surface area contributed by atoms with E-state index in [4.69, 9.17) is 4.74 Å². The van der Waals surface area contributed by atoms with E-state index >= 15 is 0 Å². The van der Waals surface area contributed by atoms with E-state index in [-0.39, 0.29) is 17.9 Å². The maximum atomic E-state index is 12.4. The highest BCUT2D eigenvalue weighted by atomic mass is 16.5. The van der Waals surface area contributed by atoms with Crippen molar-refractivity contribution < 1.29 is 14.3 Å². The van der Waals surface area contributed by atoms with Crippen LogP contribution in [0.25, 0.3) is 0 Å². The minimum absolute atomic E-state index is 0.139. The Morgan fingerprint density at radius 3 is 2.50 bits per heavy atom. The van der Waals surface area contributed by atoms with Gasteiger partial charge in [-0.1, -0.05) is 6.42 Å². The monoisotopic (exact) mass is 337 g/mol. The fraction of sp³-hybridized carbons (Fsp3) is 0.889. The molecule has 6 heteroatoms.